The average Bonchev–Trinajstić information content (AvgIpc) is 2.86. The zero-order valence-electron chi connectivity index (χ0n) is 18.3. The van der Waals surface area contributed by atoms with Crippen molar-refractivity contribution >= 4 is 45.7 Å². The van der Waals surface area contributed by atoms with E-state index in [1.165, 1.54) is 43.7 Å². The number of carbonyl (C=O) groups is 2. The summed E-state index contributed by atoms with van der Waals surface area (Å²) in [6, 6.07) is 16.8. The lowest BCUT2D eigenvalue weighted by molar-refractivity contribution is -0.384. The lowest BCUT2D eigenvalue weighted by atomic mass is 10.1. The predicted octanol–water partition coefficient (Wildman–Crippen LogP) is 3.99. The van der Waals surface area contributed by atoms with E-state index < -0.39 is 16.7 Å². The van der Waals surface area contributed by atoms with Gasteiger partial charge < -0.3 is 15.2 Å². The third kappa shape index (κ3) is 6.74. The number of aromatic hydroxyl groups is 1. The number of hydrogen-bond acceptors (Lipinski definition) is 7. The van der Waals surface area contributed by atoms with E-state index in [0.717, 1.165) is 0 Å². The van der Waals surface area contributed by atoms with Crippen LogP contribution in [0.4, 0.5) is 5.69 Å². The van der Waals surface area contributed by atoms with E-state index in [1.807, 2.05) is 0 Å². The molecule has 3 aromatic carbocycles. The number of hydrazone groups is 1. The molecule has 0 aromatic heterocycles. The summed E-state index contributed by atoms with van der Waals surface area (Å²) in [5.41, 5.74) is 3.06. The molecule has 0 spiro atoms. The summed E-state index contributed by atoms with van der Waals surface area (Å²) >= 11 is 3.29. The first-order chi connectivity index (χ1) is 16.8. The predicted molar refractivity (Wildman–Crippen MR) is 133 cm³/mol. The molecule has 0 aliphatic heterocycles. The first-order valence-electron chi connectivity index (χ1n) is 10.0. The Hall–Kier alpha value is -4.51. The number of phenolic OH excluding ortho intramolecular Hbond substituents is 1. The van der Waals surface area contributed by atoms with E-state index in [9.17, 15) is 24.8 Å². The number of ether oxygens (including phenoxy) is 1. The molecule has 3 rings (SSSR count). The van der Waals surface area contributed by atoms with Gasteiger partial charge in [0.1, 0.15) is 5.70 Å². The second-order valence-electron chi connectivity index (χ2n) is 6.97. The third-order valence-electron chi connectivity index (χ3n) is 4.60. The van der Waals surface area contributed by atoms with Crippen LogP contribution in [0.15, 0.2) is 82.0 Å². The quantitative estimate of drug-likeness (QED) is 0.171. The van der Waals surface area contributed by atoms with Gasteiger partial charge >= 0.3 is 0 Å². The number of rotatable bonds is 8. The molecule has 2 amide bonds. The molecule has 3 aromatic rings. The highest BCUT2D eigenvalue weighted by Gasteiger charge is 2.15. The molecule has 11 heteroatoms. The fraction of sp³-hybridized carbons (Fsp3) is 0.0417. The number of amides is 2. The Labute approximate surface area is 208 Å². The maximum atomic E-state index is 12.8. The molecule has 0 unspecified atom stereocenters. The van der Waals surface area contributed by atoms with Crippen LogP contribution in [0.2, 0.25) is 0 Å². The first-order valence-corrected chi connectivity index (χ1v) is 10.8. The Morgan fingerprint density at radius 3 is 2.43 bits per heavy atom. The molecule has 178 valence electrons. The van der Waals surface area contributed by atoms with Gasteiger partial charge in [-0.05, 0) is 48.0 Å². The maximum absolute atomic E-state index is 12.8. The van der Waals surface area contributed by atoms with Gasteiger partial charge in [0.2, 0.25) is 0 Å². The molecule has 0 aliphatic carbocycles. The minimum Gasteiger partial charge on any atom is -0.504 e. The molecule has 0 radical (unpaired) electrons. The van der Waals surface area contributed by atoms with Crippen LogP contribution >= 0.6 is 15.9 Å². The minimum atomic E-state index is -0.759. The average molecular weight is 539 g/mol. The number of halogens is 1. The molecule has 0 atom stereocenters. The van der Waals surface area contributed by atoms with Gasteiger partial charge in [0.25, 0.3) is 17.5 Å². The smallest absolute Gasteiger partial charge is 0.287 e. The van der Waals surface area contributed by atoms with Crippen LogP contribution in [0.1, 0.15) is 21.5 Å². The second kappa shape index (κ2) is 11.6. The van der Waals surface area contributed by atoms with Crippen LogP contribution in [0.25, 0.3) is 6.08 Å². The summed E-state index contributed by atoms with van der Waals surface area (Å²) < 4.78 is 5.70. The van der Waals surface area contributed by atoms with Gasteiger partial charge in [0, 0.05) is 27.7 Å². The monoisotopic (exact) mass is 538 g/mol. The van der Waals surface area contributed by atoms with Gasteiger partial charge in [-0.3, -0.25) is 19.7 Å². The van der Waals surface area contributed by atoms with Crippen molar-refractivity contribution in [3.8, 4) is 11.5 Å². The largest absolute Gasteiger partial charge is 0.504 e. The highest BCUT2D eigenvalue weighted by molar-refractivity contribution is 9.10. The molecule has 0 aliphatic rings. The number of benzene rings is 3. The number of nitrogens with one attached hydrogen (secondary N) is 2. The van der Waals surface area contributed by atoms with E-state index >= 15 is 0 Å². The SMILES string of the molecule is COc1cc(Br)cc(C=NNC(=O)C(=Cc2ccc([N+](=O)[O-])cc2)NC(=O)c2ccccc2)c1O. The highest BCUT2D eigenvalue weighted by Crippen LogP contribution is 2.32. The van der Waals surface area contributed by atoms with Crippen molar-refractivity contribution in [3.05, 3.63) is 104 Å². The van der Waals surface area contributed by atoms with Crippen molar-refractivity contribution in [1.29, 1.82) is 0 Å². The second-order valence-corrected chi connectivity index (χ2v) is 7.89. The molecular weight excluding hydrogens is 520 g/mol. The molecule has 3 N–H and O–H groups in total. The Bertz CT molecular complexity index is 1310. The van der Waals surface area contributed by atoms with Gasteiger partial charge in [-0.25, -0.2) is 5.43 Å². The maximum Gasteiger partial charge on any atom is 0.287 e. The number of phenols is 1. The number of nitro benzene ring substituents is 1. The van der Waals surface area contributed by atoms with E-state index in [-0.39, 0.29) is 28.4 Å². The molecule has 35 heavy (non-hydrogen) atoms. The van der Waals surface area contributed by atoms with Crippen molar-refractivity contribution in [2.45, 2.75) is 0 Å². The van der Waals surface area contributed by atoms with E-state index in [1.54, 1.807) is 42.5 Å². The van der Waals surface area contributed by atoms with Crippen molar-refractivity contribution < 1.29 is 24.4 Å². The summed E-state index contributed by atoms with van der Waals surface area (Å²) in [4.78, 5) is 35.8. The van der Waals surface area contributed by atoms with E-state index in [4.69, 9.17) is 4.74 Å². The topological polar surface area (TPSA) is 143 Å². The Kier molecular flexibility index (Phi) is 8.30. The number of carbonyl (C=O) groups excluding carboxylic acids is 2. The van der Waals surface area contributed by atoms with E-state index in [2.05, 4.69) is 31.8 Å². The molecule has 0 saturated carbocycles. The summed E-state index contributed by atoms with van der Waals surface area (Å²) in [7, 11) is 1.40. The minimum absolute atomic E-state index is 0.115. The number of methoxy groups -OCH3 is 1. The summed E-state index contributed by atoms with van der Waals surface area (Å²) in [6.45, 7) is 0. The van der Waals surface area contributed by atoms with Crippen LogP contribution in [0.5, 0.6) is 11.5 Å². The molecule has 10 nitrogen and oxygen atoms in total. The van der Waals surface area contributed by atoms with Gasteiger partial charge in [0.15, 0.2) is 11.5 Å². The number of nitrogens with zero attached hydrogens (tertiary/aromatic N) is 2. The molecular formula is C24H19BrN4O6. The standard InChI is InChI=1S/C24H19BrN4O6/c1-35-21-13-18(25)12-17(22(21)30)14-26-28-24(32)20(27-23(31)16-5-3-2-4-6-16)11-15-7-9-19(10-8-15)29(33)34/h2-14,30H,1H3,(H,27,31)(H,28,32). The summed E-state index contributed by atoms with van der Waals surface area (Å²) in [6.07, 6.45) is 2.57. The van der Waals surface area contributed by atoms with Gasteiger partial charge in [-0.2, -0.15) is 5.10 Å². The fourth-order valence-electron chi connectivity index (χ4n) is 2.87. The van der Waals surface area contributed by atoms with Crippen LogP contribution in [-0.4, -0.2) is 35.2 Å². The summed E-state index contributed by atoms with van der Waals surface area (Å²) in [5, 5.41) is 27.5. The Balaban J connectivity index is 1.85. The van der Waals surface area contributed by atoms with Crippen LogP contribution < -0.4 is 15.5 Å². The Morgan fingerprint density at radius 1 is 1.11 bits per heavy atom. The van der Waals surface area contributed by atoms with Gasteiger partial charge in [-0.15, -0.1) is 0 Å². The van der Waals surface area contributed by atoms with Crippen molar-refractivity contribution in [2.75, 3.05) is 7.11 Å². The van der Waals surface area contributed by atoms with Crippen LogP contribution in [-0.2, 0) is 4.79 Å². The van der Waals surface area contributed by atoms with E-state index in [0.29, 0.717) is 15.6 Å². The lowest BCUT2D eigenvalue weighted by Crippen LogP contribution is -2.32. The lowest BCUT2D eigenvalue weighted by Gasteiger charge is -2.10. The zero-order chi connectivity index (χ0) is 25.4. The number of non-ortho nitro benzene ring substituents is 1. The molecule has 0 fully saturated rings. The molecule has 0 heterocycles. The first kappa shape index (κ1) is 25.1. The fourth-order valence-corrected chi connectivity index (χ4v) is 3.32. The normalized spacial score (nSPS) is 11.2. The van der Waals surface area contributed by atoms with Crippen LogP contribution in [0, 0.1) is 10.1 Å². The van der Waals surface area contributed by atoms with Crippen molar-refractivity contribution in [3.63, 3.8) is 0 Å². The van der Waals surface area contributed by atoms with Crippen molar-refractivity contribution in [1.82, 2.24) is 10.7 Å². The van der Waals surface area contributed by atoms with Crippen LogP contribution in [0.3, 0.4) is 0 Å². The molecule has 0 saturated heterocycles. The van der Waals surface area contributed by atoms with Gasteiger partial charge in [-0.1, -0.05) is 34.1 Å². The molecule has 0 bridgehead atoms. The third-order valence-corrected chi connectivity index (χ3v) is 5.06. The Morgan fingerprint density at radius 2 is 1.80 bits per heavy atom. The summed E-state index contributed by atoms with van der Waals surface area (Å²) in [5.74, 6) is -1.26. The van der Waals surface area contributed by atoms with Gasteiger partial charge in [0.05, 0.1) is 18.2 Å². The van der Waals surface area contributed by atoms with Crippen molar-refractivity contribution in [2.24, 2.45) is 5.10 Å². The number of hydrogen-bond donors (Lipinski definition) is 3. The number of nitro groups is 1. The zero-order valence-corrected chi connectivity index (χ0v) is 19.9. The highest BCUT2D eigenvalue weighted by atomic mass is 79.9.